The second-order valence-corrected chi connectivity index (χ2v) is 1.51. The van der Waals surface area contributed by atoms with E-state index in [0.717, 1.165) is 5.56 Å². The zero-order valence-electron chi connectivity index (χ0n) is 6.41. The number of hydrogen-bond acceptors (Lipinski definition) is 2. The summed E-state index contributed by atoms with van der Waals surface area (Å²) >= 11 is 0. The Bertz CT molecular complexity index is 151. The van der Waals surface area contributed by atoms with Crippen molar-refractivity contribution >= 4 is 0 Å². The molecule has 0 saturated heterocycles. The first-order valence-corrected chi connectivity index (χ1v) is 3.43. The van der Waals surface area contributed by atoms with Gasteiger partial charge in [0.1, 0.15) is 0 Å². The summed E-state index contributed by atoms with van der Waals surface area (Å²) in [6.07, 6.45) is 3.32. The maximum atomic E-state index is 8.51. The van der Waals surface area contributed by atoms with Crippen molar-refractivity contribution in [2.24, 2.45) is 0 Å². The molecule has 0 aromatic carbocycles. The highest BCUT2D eigenvalue weighted by molar-refractivity contribution is 5.07. The Morgan fingerprint density at radius 3 is 2.10 bits per heavy atom. The van der Waals surface area contributed by atoms with Crippen molar-refractivity contribution in [3.63, 3.8) is 0 Å². The fourth-order valence-electron chi connectivity index (χ4n) is 0.488. The molecule has 1 N–H and O–H groups in total. The molecule has 0 atom stereocenters. The van der Waals surface area contributed by atoms with Crippen molar-refractivity contribution in [3.05, 3.63) is 30.1 Å². The molecule has 0 saturated carbocycles. The first kappa shape index (κ1) is 9.11. The van der Waals surface area contributed by atoms with Crippen LogP contribution in [0.4, 0.5) is 0 Å². The molecule has 10 heavy (non-hydrogen) atoms. The van der Waals surface area contributed by atoms with Gasteiger partial charge < -0.3 is 5.11 Å². The number of aliphatic hydroxyl groups is 1. The third kappa shape index (κ3) is 3.20. The van der Waals surface area contributed by atoms with E-state index in [2.05, 4.69) is 4.98 Å². The average molecular weight is 139 g/mol. The standard InChI is InChI=1S/C6H7NO.C2H6/c8-5-6-1-3-7-4-2-6;1-2/h1-4,8H,5H2;1-2H3. The number of nitrogens with zero attached hydrogens (tertiary/aromatic N) is 1. The highest BCUT2D eigenvalue weighted by Crippen LogP contribution is 1.92. The van der Waals surface area contributed by atoms with Gasteiger partial charge in [-0.2, -0.15) is 0 Å². The van der Waals surface area contributed by atoms with Gasteiger partial charge in [0, 0.05) is 12.4 Å². The van der Waals surface area contributed by atoms with Crippen molar-refractivity contribution in [2.75, 3.05) is 0 Å². The van der Waals surface area contributed by atoms with E-state index < -0.39 is 0 Å². The number of rotatable bonds is 1. The van der Waals surface area contributed by atoms with Crippen LogP contribution in [0.2, 0.25) is 0 Å². The summed E-state index contributed by atoms with van der Waals surface area (Å²) in [5.41, 5.74) is 0.903. The van der Waals surface area contributed by atoms with Crippen molar-refractivity contribution < 1.29 is 5.11 Å². The van der Waals surface area contributed by atoms with Crippen LogP contribution in [0.1, 0.15) is 19.4 Å². The van der Waals surface area contributed by atoms with Crippen LogP contribution >= 0.6 is 0 Å². The molecule has 2 nitrogen and oxygen atoms in total. The van der Waals surface area contributed by atoms with Crippen LogP contribution in [0.25, 0.3) is 0 Å². The minimum absolute atomic E-state index is 0.0997. The third-order valence-corrected chi connectivity index (χ3v) is 0.932. The van der Waals surface area contributed by atoms with Gasteiger partial charge >= 0.3 is 0 Å². The zero-order valence-corrected chi connectivity index (χ0v) is 6.41. The van der Waals surface area contributed by atoms with Gasteiger partial charge in [-0.1, -0.05) is 13.8 Å². The first-order valence-electron chi connectivity index (χ1n) is 3.43. The summed E-state index contributed by atoms with van der Waals surface area (Å²) in [6, 6.07) is 3.56. The Balaban J connectivity index is 0.000000371. The molecule has 0 bridgehead atoms. The summed E-state index contributed by atoms with van der Waals surface area (Å²) < 4.78 is 0. The van der Waals surface area contributed by atoms with E-state index in [9.17, 15) is 0 Å². The van der Waals surface area contributed by atoms with Gasteiger partial charge in [0.05, 0.1) is 6.61 Å². The van der Waals surface area contributed by atoms with Crippen molar-refractivity contribution in [1.29, 1.82) is 0 Å². The van der Waals surface area contributed by atoms with Gasteiger partial charge in [0.15, 0.2) is 0 Å². The number of aromatic nitrogens is 1. The molecule has 0 amide bonds. The molecule has 2 heteroatoms. The SMILES string of the molecule is CC.OCc1ccncc1. The Morgan fingerprint density at radius 1 is 1.30 bits per heavy atom. The highest BCUT2D eigenvalue weighted by atomic mass is 16.3. The zero-order chi connectivity index (χ0) is 7.82. The van der Waals surface area contributed by atoms with Crippen LogP contribution in [0.3, 0.4) is 0 Å². The van der Waals surface area contributed by atoms with Crippen molar-refractivity contribution in [3.8, 4) is 0 Å². The minimum Gasteiger partial charge on any atom is -0.392 e. The van der Waals surface area contributed by atoms with Gasteiger partial charge in [-0.05, 0) is 17.7 Å². The van der Waals surface area contributed by atoms with Gasteiger partial charge in [-0.25, -0.2) is 0 Å². The molecule has 0 aliphatic rings. The van der Waals surface area contributed by atoms with E-state index in [4.69, 9.17) is 5.11 Å². The lowest BCUT2D eigenvalue weighted by atomic mass is 10.3. The van der Waals surface area contributed by atoms with Gasteiger partial charge in [-0.3, -0.25) is 4.98 Å². The lowest BCUT2D eigenvalue weighted by Crippen LogP contribution is -1.80. The van der Waals surface area contributed by atoms with Crippen LogP contribution in [0.15, 0.2) is 24.5 Å². The predicted molar refractivity (Wildman–Crippen MR) is 41.5 cm³/mol. The van der Waals surface area contributed by atoms with Crippen LogP contribution in [-0.4, -0.2) is 10.1 Å². The second kappa shape index (κ2) is 6.23. The molecule has 56 valence electrons. The summed E-state index contributed by atoms with van der Waals surface area (Å²) in [6.45, 7) is 4.10. The molecule has 0 aliphatic heterocycles. The summed E-state index contributed by atoms with van der Waals surface area (Å²) in [5.74, 6) is 0. The maximum Gasteiger partial charge on any atom is 0.0682 e. The van der Waals surface area contributed by atoms with E-state index in [1.807, 2.05) is 13.8 Å². The molecular weight excluding hydrogens is 126 g/mol. The predicted octanol–water partition coefficient (Wildman–Crippen LogP) is 1.60. The lowest BCUT2D eigenvalue weighted by molar-refractivity contribution is 0.281. The van der Waals surface area contributed by atoms with Crippen LogP contribution < -0.4 is 0 Å². The normalized spacial score (nSPS) is 7.90. The first-order chi connectivity index (χ1) is 4.93. The number of aliphatic hydroxyl groups excluding tert-OH is 1. The lowest BCUT2D eigenvalue weighted by Gasteiger charge is -1.88. The monoisotopic (exact) mass is 139 g/mol. The molecule has 1 rings (SSSR count). The molecule has 1 aromatic rings. The topological polar surface area (TPSA) is 33.1 Å². The Morgan fingerprint density at radius 2 is 1.80 bits per heavy atom. The number of pyridine rings is 1. The Labute approximate surface area is 61.5 Å². The van der Waals surface area contributed by atoms with Gasteiger partial charge in [0.25, 0.3) is 0 Å². The van der Waals surface area contributed by atoms with Crippen LogP contribution in [0, 0.1) is 0 Å². The fraction of sp³-hybridized carbons (Fsp3) is 0.375. The smallest absolute Gasteiger partial charge is 0.0682 e. The largest absolute Gasteiger partial charge is 0.392 e. The third-order valence-electron chi connectivity index (χ3n) is 0.932. The van der Waals surface area contributed by atoms with E-state index in [1.165, 1.54) is 0 Å². The molecule has 0 unspecified atom stereocenters. The summed E-state index contributed by atoms with van der Waals surface area (Å²) in [5, 5.41) is 8.51. The Kier molecular flexibility index (Phi) is 5.68. The molecule has 0 spiro atoms. The second-order valence-electron chi connectivity index (χ2n) is 1.51. The molecular formula is C8H13NO. The van der Waals surface area contributed by atoms with E-state index in [-0.39, 0.29) is 6.61 Å². The van der Waals surface area contributed by atoms with Crippen molar-refractivity contribution in [2.45, 2.75) is 20.5 Å². The Hall–Kier alpha value is -0.890. The average Bonchev–Trinajstić information content (AvgIpc) is 2.10. The summed E-state index contributed by atoms with van der Waals surface area (Å²) in [4.78, 5) is 3.78. The molecule has 1 aromatic heterocycles. The fourth-order valence-corrected chi connectivity index (χ4v) is 0.488. The summed E-state index contributed by atoms with van der Waals surface area (Å²) in [7, 11) is 0. The molecule has 0 aliphatic carbocycles. The highest BCUT2D eigenvalue weighted by Gasteiger charge is 1.81. The van der Waals surface area contributed by atoms with Crippen LogP contribution in [0.5, 0.6) is 0 Å². The van der Waals surface area contributed by atoms with Crippen molar-refractivity contribution in [1.82, 2.24) is 4.98 Å². The van der Waals surface area contributed by atoms with E-state index in [1.54, 1.807) is 24.5 Å². The molecule has 1 heterocycles. The van der Waals surface area contributed by atoms with Crippen LogP contribution in [-0.2, 0) is 6.61 Å². The molecule has 0 radical (unpaired) electrons. The van der Waals surface area contributed by atoms with Gasteiger partial charge in [0.2, 0.25) is 0 Å². The minimum atomic E-state index is 0.0997. The number of hydrogen-bond donors (Lipinski definition) is 1. The molecule has 0 fully saturated rings. The van der Waals surface area contributed by atoms with E-state index in [0.29, 0.717) is 0 Å². The van der Waals surface area contributed by atoms with E-state index >= 15 is 0 Å². The maximum absolute atomic E-state index is 8.51. The quantitative estimate of drug-likeness (QED) is 0.641. The van der Waals surface area contributed by atoms with Gasteiger partial charge in [-0.15, -0.1) is 0 Å².